The second-order valence-electron chi connectivity index (χ2n) is 4.10. The van der Waals surface area contributed by atoms with Gasteiger partial charge in [0.15, 0.2) is 0 Å². The van der Waals surface area contributed by atoms with E-state index in [1.54, 1.807) is 23.5 Å². The fraction of sp³-hybridized carbons (Fsp3) is 0.0714. The van der Waals surface area contributed by atoms with Crippen molar-refractivity contribution in [2.45, 2.75) is 6.42 Å². The number of hydrogen-bond donors (Lipinski definition) is 1. The topological polar surface area (TPSA) is 38.9 Å². The molecule has 0 amide bonds. The summed E-state index contributed by atoms with van der Waals surface area (Å²) in [6.07, 6.45) is 0.520. The van der Waals surface area contributed by atoms with Gasteiger partial charge in [-0.15, -0.1) is 11.3 Å². The van der Waals surface area contributed by atoms with Gasteiger partial charge in [0.05, 0.1) is 15.2 Å². The Hall–Kier alpha value is -1.94. The minimum absolute atomic E-state index is 0.184. The second kappa shape index (κ2) is 4.38. The van der Waals surface area contributed by atoms with Crippen LogP contribution in [0.1, 0.15) is 10.6 Å². The summed E-state index contributed by atoms with van der Waals surface area (Å²) in [4.78, 5) is 4.49. The molecule has 0 saturated carbocycles. The first-order valence-electron chi connectivity index (χ1n) is 5.61. The fourth-order valence-corrected chi connectivity index (χ4v) is 2.91. The fourth-order valence-electron chi connectivity index (χ4n) is 1.87. The van der Waals surface area contributed by atoms with Gasteiger partial charge in [0, 0.05) is 12.1 Å². The van der Waals surface area contributed by atoms with Gasteiger partial charge in [-0.1, -0.05) is 18.2 Å². The molecule has 3 aromatic rings. The average Bonchev–Trinajstić information content (AvgIpc) is 2.73. The Balaban J connectivity index is 1.98. The summed E-state index contributed by atoms with van der Waals surface area (Å²) in [7, 11) is 0. The molecule has 0 aliphatic heterocycles. The van der Waals surface area contributed by atoms with E-state index in [2.05, 4.69) is 4.98 Å². The van der Waals surface area contributed by atoms with Crippen LogP contribution in [0.15, 0.2) is 42.5 Å². The standard InChI is InChI=1S/C14H11FN2S/c15-11-4-2-1-3-9(11)7-14-17-12-6-5-10(16)8-13(12)18-14/h1-6,8H,7,16H2. The van der Waals surface area contributed by atoms with Crippen LogP contribution in [0.25, 0.3) is 10.2 Å². The van der Waals surface area contributed by atoms with Gasteiger partial charge in [-0.3, -0.25) is 0 Å². The number of benzene rings is 2. The number of nitrogens with two attached hydrogens (primary N) is 1. The Morgan fingerprint density at radius 2 is 2.00 bits per heavy atom. The van der Waals surface area contributed by atoms with Crippen LogP contribution in [-0.2, 0) is 6.42 Å². The molecule has 0 unspecified atom stereocenters. The van der Waals surface area contributed by atoms with Crippen molar-refractivity contribution in [3.05, 3.63) is 58.9 Å². The van der Waals surface area contributed by atoms with Crippen molar-refractivity contribution in [1.29, 1.82) is 0 Å². The lowest BCUT2D eigenvalue weighted by Crippen LogP contribution is -1.90. The summed E-state index contributed by atoms with van der Waals surface area (Å²) in [5.41, 5.74) is 8.04. The summed E-state index contributed by atoms with van der Waals surface area (Å²) in [6, 6.07) is 12.4. The van der Waals surface area contributed by atoms with Crippen molar-refractivity contribution in [2.24, 2.45) is 0 Å². The van der Waals surface area contributed by atoms with Crippen molar-refractivity contribution in [3.8, 4) is 0 Å². The highest BCUT2D eigenvalue weighted by molar-refractivity contribution is 7.18. The molecule has 0 saturated heterocycles. The normalized spacial score (nSPS) is 10.9. The molecule has 0 bridgehead atoms. The van der Waals surface area contributed by atoms with E-state index >= 15 is 0 Å². The molecule has 0 aliphatic rings. The van der Waals surface area contributed by atoms with Gasteiger partial charge in [0.25, 0.3) is 0 Å². The lowest BCUT2D eigenvalue weighted by molar-refractivity contribution is 0.614. The third-order valence-corrected chi connectivity index (χ3v) is 3.77. The predicted molar refractivity (Wildman–Crippen MR) is 73.2 cm³/mol. The molecule has 2 nitrogen and oxygen atoms in total. The van der Waals surface area contributed by atoms with Crippen LogP contribution in [0.5, 0.6) is 0 Å². The number of nitrogens with zero attached hydrogens (tertiary/aromatic N) is 1. The SMILES string of the molecule is Nc1ccc2nc(Cc3ccccc3F)sc2c1. The summed E-state index contributed by atoms with van der Waals surface area (Å²) in [5.74, 6) is -0.184. The Morgan fingerprint density at radius 3 is 2.83 bits per heavy atom. The third-order valence-electron chi connectivity index (χ3n) is 2.76. The van der Waals surface area contributed by atoms with Gasteiger partial charge < -0.3 is 5.73 Å². The van der Waals surface area contributed by atoms with Crippen LogP contribution in [0.3, 0.4) is 0 Å². The van der Waals surface area contributed by atoms with Crippen LogP contribution in [0.2, 0.25) is 0 Å². The molecule has 18 heavy (non-hydrogen) atoms. The van der Waals surface area contributed by atoms with Crippen LogP contribution < -0.4 is 5.73 Å². The molecule has 0 fully saturated rings. The van der Waals surface area contributed by atoms with Gasteiger partial charge >= 0.3 is 0 Å². The summed E-state index contributed by atoms with van der Waals surface area (Å²) in [6.45, 7) is 0. The van der Waals surface area contributed by atoms with E-state index < -0.39 is 0 Å². The van der Waals surface area contributed by atoms with E-state index in [1.807, 2.05) is 24.3 Å². The Bertz CT molecular complexity index is 706. The average molecular weight is 258 g/mol. The van der Waals surface area contributed by atoms with E-state index in [0.717, 1.165) is 20.9 Å². The number of thiazole rings is 1. The molecular weight excluding hydrogens is 247 g/mol. The molecule has 4 heteroatoms. The number of anilines is 1. The maximum atomic E-state index is 13.6. The largest absolute Gasteiger partial charge is 0.399 e. The first kappa shape index (κ1) is 11.2. The number of aromatic nitrogens is 1. The number of rotatable bonds is 2. The summed E-state index contributed by atoms with van der Waals surface area (Å²) < 4.78 is 14.6. The van der Waals surface area contributed by atoms with Gasteiger partial charge in [0.1, 0.15) is 5.82 Å². The third kappa shape index (κ3) is 2.07. The minimum Gasteiger partial charge on any atom is -0.399 e. The Morgan fingerprint density at radius 1 is 1.17 bits per heavy atom. The highest BCUT2D eigenvalue weighted by atomic mass is 32.1. The van der Waals surface area contributed by atoms with Crippen molar-refractivity contribution < 1.29 is 4.39 Å². The molecule has 1 heterocycles. The number of nitrogen functional groups attached to an aromatic ring is 1. The lowest BCUT2D eigenvalue weighted by Gasteiger charge is -1.98. The van der Waals surface area contributed by atoms with Crippen LogP contribution in [-0.4, -0.2) is 4.98 Å². The molecule has 0 spiro atoms. The van der Waals surface area contributed by atoms with Crippen LogP contribution in [0.4, 0.5) is 10.1 Å². The van der Waals surface area contributed by atoms with Crippen molar-refractivity contribution >= 4 is 27.2 Å². The van der Waals surface area contributed by atoms with Gasteiger partial charge in [-0.2, -0.15) is 0 Å². The quantitative estimate of drug-likeness (QED) is 0.713. The minimum atomic E-state index is -0.184. The molecule has 0 aliphatic carbocycles. The summed E-state index contributed by atoms with van der Waals surface area (Å²) in [5, 5.41) is 0.903. The second-order valence-corrected chi connectivity index (χ2v) is 5.22. The van der Waals surface area contributed by atoms with E-state index in [4.69, 9.17) is 5.73 Å². The maximum Gasteiger partial charge on any atom is 0.126 e. The zero-order valence-corrected chi connectivity index (χ0v) is 10.4. The predicted octanol–water partition coefficient (Wildman–Crippen LogP) is 3.61. The summed E-state index contributed by atoms with van der Waals surface area (Å²) >= 11 is 1.56. The van der Waals surface area contributed by atoms with Crippen molar-refractivity contribution in [1.82, 2.24) is 4.98 Å². The highest BCUT2D eigenvalue weighted by Crippen LogP contribution is 2.26. The number of halogens is 1. The smallest absolute Gasteiger partial charge is 0.126 e. The Labute approximate surface area is 108 Å². The molecule has 1 aromatic heterocycles. The molecule has 90 valence electrons. The van der Waals surface area contributed by atoms with Crippen molar-refractivity contribution in [3.63, 3.8) is 0 Å². The van der Waals surface area contributed by atoms with Gasteiger partial charge in [-0.25, -0.2) is 9.37 Å². The van der Waals surface area contributed by atoms with Gasteiger partial charge in [0.2, 0.25) is 0 Å². The molecule has 2 aromatic carbocycles. The first-order chi connectivity index (χ1) is 8.72. The zero-order valence-electron chi connectivity index (χ0n) is 9.56. The maximum absolute atomic E-state index is 13.6. The van der Waals surface area contributed by atoms with E-state index in [1.165, 1.54) is 6.07 Å². The van der Waals surface area contributed by atoms with E-state index in [-0.39, 0.29) is 5.82 Å². The monoisotopic (exact) mass is 258 g/mol. The number of fused-ring (bicyclic) bond motifs is 1. The highest BCUT2D eigenvalue weighted by Gasteiger charge is 2.07. The molecule has 0 atom stereocenters. The van der Waals surface area contributed by atoms with Crippen molar-refractivity contribution in [2.75, 3.05) is 5.73 Å². The van der Waals surface area contributed by atoms with E-state index in [9.17, 15) is 4.39 Å². The number of hydrogen-bond acceptors (Lipinski definition) is 3. The molecule has 0 radical (unpaired) electrons. The lowest BCUT2D eigenvalue weighted by atomic mass is 10.1. The van der Waals surface area contributed by atoms with Gasteiger partial charge in [-0.05, 0) is 29.8 Å². The van der Waals surface area contributed by atoms with E-state index in [0.29, 0.717) is 12.0 Å². The first-order valence-corrected chi connectivity index (χ1v) is 6.42. The zero-order chi connectivity index (χ0) is 12.5. The van der Waals surface area contributed by atoms with Crippen LogP contribution >= 0.6 is 11.3 Å². The molecular formula is C14H11FN2S. The molecule has 2 N–H and O–H groups in total. The Kier molecular flexibility index (Phi) is 2.72. The molecule has 3 rings (SSSR count). The van der Waals surface area contributed by atoms with Crippen LogP contribution in [0, 0.1) is 5.82 Å².